The molecule has 0 spiro atoms. The van der Waals surface area contributed by atoms with Crippen molar-refractivity contribution in [2.75, 3.05) is 43.5 Å². The second-order valence-corrected chi connectivity index (χ2v) is 8.23. The zero-order valence-electron chi connectivity index (χ0n) is 18.1. The lowest BCUT2D eigenvalue weighted by Gasteiger charge is -2.36. The van der Waals surface area contributed by atoms with E-state index in [9.17, 15) is 4.79 Å². The molecule has 8 heteroatoms. The highest BCUT2D eigenvalue weighted by Gasteiger charge is 2.24. The highest BCUT2D eigenvalue weighted by atomic mass is 35.5. The van der Waals surface area contributed by atoms with Crippen LogP contribution in [0.3, 0.4) is 0 Å². The number of piperazine rings is 1. The summed E-state index contributed by atoms with van der Waals surface area (Å²) in [4.78, 5) is 22.0. The molecule has 7 nitrogen and oxygen atoms in total. The number of furan rings is 1. The van der Waals surface area contributed by atoms with Gasteiger partial charge < -0.3 is 24.3 Å². The summed E-state index contributed by atoms with van der Waals surface area (Å²) in [6.45, 7) is 2.71. The zero-order chi connectivity index (χ0) is 22.8. The summed E-state index contributed by atoms with van der Waals surface area (Å²) in [5, 5.41) is 4.83. The first-order valence-corrected chi connectivity index (χ1v) is 11.1. The Morgan fingerprint density at radius 1 is 1.03 bits per heavy atom. The van der Waals surface area contributed by atoms with Gasteiger partial charge in [0.05, 0.1) is 18.8 Å². The summed E-state index contributed by atoms with van der Waals surface area (Å²) in [5.74, 6) is 1.24. The molecule has 4 aromatic rings. The van der Waals surface area contributed by atoms with E-state index in [1.807, 2.05) is 59.5 Å². The van der Waals surface area contributed by atoms with Crippen molar-refractivity contribution in [3.8, 4) is 5.75 Å². The molecule has 2 aromatic carbocycles. The quantitative estimate of drug-likeness (QED) is 0.440. The molecule has 1 fully saturated rings. The number of anilines is 3. The van der Waals surface area contributed by atoms with Gasteiger partial charge in [-0.25, -0.2) is 4.98 Å². The average molecular weight is 463 g/mol. The number of methoxy groups -OCH3 is 1. The van der Waals surface area contributed by atoms with Gasteiger partial charge in [0.25, 0.3) is 5.91 Å². The highest BCUT2D eigenvalue weighted by molar-refractivity contribution is 6.30. The normalized spacial score (nSPS) is 13.9. The van der Waals surface area contributed by atoms with Crippen molar-refractivity contribution in [2.45, 2.75) is 0 Å². The molecule has 1 amide bonds. The summed E-state index contributed by atoms with van der Waals surface area (Å²) >= 11 is 6.00. The lowest BCUT2D eigenvalue weighted by atomic mass is 10.2. The maximum absolute atomic E-state index is 13.3. The number of pyridine rings is 1. The van der Waals surface area contributed by atoms with Crippen LogP contribution < -0.4 is 15.0 Å². The second-order valence-electron chi connectivity index (χ2n) is 7.80. The molecule has 3 heterocycles. The third-order valence-corrected chi connectivity index (χ3v) is 6.03. The number of amides is 1. The first-order valence-electron chi connectivity index (χ1n) is 10.7. The number of fused-ring (bicyclic) bond motifs is 1. The van der Waals surface area contributed by atoms with E-state index < -0.39 is 0 Å². The Kier molecular flexibility index (Phi) is 5.79. The van der Waals surface area contributed by atoms with Crippen LogP contribution in [0.4, 0.5) is 17.2 Å². The fourth-order valence-electron chi connectivity index (χ4n) is 3.96. The first-order chi connectivity index (χ1) is 16.1. The van der Waals surface area contributed by atoms with Crippen molar-refractivity contribution >= 4 is 45.7 Å². The molecule has 0 unspecified atom stereocenters. The number of carbonyl (C=O) groups is 1. The number of nitrogens with zero attached hydrogens (tertiary/aromatic N) is 3. The Balaban J connectivity index is 1.34. The molecule has 1 aliphatic heterocycles. The summed E-state index contributed by atoms with van der Waals surface area (Å²) in [5.41, 5.74) is 2.91. The second kappa shape index (κ2) is 9.03. The molecule has 168 valence electrons. The van der Waals surface area contributed by atoms with Crippen LogP contribution in [-0.2, 0) is 0 Å². The minimum atomic E-state index is -0.109. The van der Waals surface area contributed by atoms with E-state index in [0.717, 1.165) is 35.6 Å². The highest BCUT2D eigenvalue weighted by Crippen LogP contribution is 2.28. The maximum Gasteiger partial charge on any atom is 0.272 e. The fraction of sp³-hybridized carbons (Fsp3) is 0.200. The minimum Gasteiger partial charge on any atom is -0.497 e. The number of ether oxygens (including phenoxy) is 1. The van der Waals surface area contributed by atoms with E-state index in [4.69, 9.17) is 20.8 Å². The Morgan fingerprint density at radius 2 is 1.76 bits per heavy atom. The van der Waals surface area contributed by atoms with Crippen LogP contribution in [-0.4, -0.2) is 49.1 Å². The van der Waals surface area contributed by atoms with Gasteiger partial charge in [0, 0.05) is 48.6 Å². The molecule has 33 heavy (non-hydrogen) atoms. The number of carbonyl (C=O) groups excluding carboxylic acids is 1. The Labute approximate surface area is 196 Å². The Morgan fingerprint density at radius 3 is 2.45 bits per heavy atom. The van der Waals surface area contributed by atoms with Crippen LogP contribution >= 0.6 is 11.6 Å². The van der Waals surface area contributed by atoms with Gasteiger partial charge in [-0.15, -0.1) is 0 Å². The minimum absolute atomic E-state index is 0.109. The Hall–Kier alpha value is -3.71. The predicted molar refractivity (Wildman–Crippen MR) is 130 cm³/mol. The SMILES string of the molecule is COc1ccc(Nc2nc(C(=O)N3CCN(c4ccc(Cl)cc4)CC3)cc3occc23)cc1. The summed E-state index contributed by atoms with van der Waals surface area (Å²) < 4.78 is 10.8. The molecular formula is C25H23ClN4O3. The number of benzene rings is 2. The van der Waals surface area contributed by atoms with E-state index in [2.05, 4.69) is 15.2 Å². The van der Waals surface area contributed by atoms with Gasteiger partial charge >= 0.3 is 0 Å². The third kappa shape index (κ3) is 4.45. The summed E-state index contributed by atoms with van der Waals surface area (Å²) in [6.07, 6.45) is 1.60. The number of rotatable bonds is 5. The molecule has 0 bridgehead atoms. The molecule has 0 saturated carbocycles. The molecule has 5 rings (SSSR count). The molecular weight excluding hydrogens is 440 g/mol. The van der Waals surface area contributed by atoms with Gasteiger partial charge in [-0.05, 0) is 54.6 Å². The van der Waals surface area contributed by atoms with Crippen molar-refractivity contribution < 1.29 is 13.9 Å². The van der Waals surface area contributed by atoms with Crippen molar-refractivity contribution in [2.24, 2.45) is 0 Å². The van der Waals surface area contributed by atoms with Gasteiger partial charge in [-0.2, -0.15) is 0 Å². The van der Waals surface area contributed by atoms with E-state index in [-0.39, 0.29) is 5.91 Å². The number of nitrogens with one attached hydrogen (secondary N) is 1. The number of aromatic nitrogens is 1. The van der Waals surface area contributed by atoms with Crippen LogP contribution in [0.2, 0.25) is 5.02 Å². The standard InChI is InChI=1S/C25H23ClN4O3/c1-32-20-8-4-18(5-9-20)27-24-21-10-15-33-23(21)16-22(28-24)25(31)30-13-11-29(12-14-30)19-6-2-17(26)3-7-19/h2-10,15-16H,11-14H2,1H3,(H,27,28). The van der Waals surface area contributed by atoms with Crippen LogP contribution in [0.5, 0.6) is 5.75 Å². The van der Waals surface area contributed by atoms with Gasteiger partial charge in [-0.3, -0.25) is 4.79 Å². The van der Waals surface area contributed by atoms with Gasteiger partial charge in [0.2, 0.25) is 0 Å². The topological polar surface area (TPSA) is 70.8 Å². The lowest BCUT2D eigenvalue weighted by molar-refractivity contribution is 0.0741. The smallest absolute Gasteiger partial charge is 0.272 e. The van der Waals surface area contributed by atoms with Gasteiger partial charge in [0.1, 0.15) is 22.8 Å². The van der Waals surface area contributed by atoms with Gasteiger partial charge in [-0.1, -0.05) is 11.6 Å². The van der Waals surface area contributed by atoms with Crippen molar-refractivity contribution in [3.05, 3.63) is 77.6 Å². The predicted octanol–water partition coefficient (Wildman–Crippen LogP) is 5.20. The van der Waals surface area contributed by atoms with Crippen molar-refractivity contribution in [1.29, 1.82) is 0 Å². The van der Waals surface area contributed by atoms with Crippen LogP contribution in [0.15, 0.2) is 71.3 Å². The van der Waals surface area contributed by atoms with Crippen molar-refractivity contribution in [1.82, 2.24) is 9.88 Å². The number of halogens is 1. The molecule has 1 saturated heterocycles. The van der Waals surface area contributed by atoms with E-state index in [0.29, 0.717) is 35.2 Å². The molecule has 2 aromatic heterocycles. The zero-order valence-corrected chi connectivity index (χ0v) is 18.9. The summed E-state index contributed by atoms with van der Waals surface area (Å²) in [7, 11) is 1.63. The van der Waals surface area contributed by atoms with Crippen LogP contribution in [0.1, 0.15) is 10.5 Å². The molecule has 1 aliphatic rings. The average Bonchev–Trinajstić information content (AvgIpc) is 3.34. The fourth-order valence-corrected chi connectivity index (χ4v) is 4.09. The molecule has 0 aliphatic carbocycles. The third-order valence-electron chi connectivity index (χ3n) is 5.78. The molecule has 1 N–H and O–H groups in total. The first kappa shape index (κ1) is 21.2. The van der Waals surface area contributed by atoms with Crippen molar-refractivity contribution in [3.63, 3.8) is 0 Å². The van der Waals surface area contributed by atoms with E-state index in [1.165, 1.54) is 0 Å². The maximum atomic E-state index is 13.3. The van der Waals surface area contributed by atoms with Crippen LogP contribution in [0.25, 0.3) is 11.0 Å². The molecule has 0 radical (unpaired) electrons. The molecule has 0 atom stereocenters. The van der Waals surface area contributed by atoms with Crippen LogP contribution in [0, 0.1) is 0 Å². The monoisotopic (exact) mass is 462 g/mol. The van der Waals surface area contributed by atoms with E-state index >= 15 is 0 Å². The Bertz CT molecular complexity index is 1260. The lowest BCUT2D eigenvalue weighted by Crippen LogP contribution is -2.49. The number of hydrogen-bond acceptors (Lipinski definition) is 6. The number of hydrogen-bond donors (Lipinski definition) is 1. The summed E-state index contributed by atoms with van der Waals surface area (Å²) in [6, 6.07) is 18.9. The van der Waals surface area contributed by atoms with Gasteiger partial charge in [0.15, 0.2) is 0 Å². The largest absolute Gasteiger partial charge is 0.497 e. The van der Waals surface area contributed by atoms with E-state index in [1.54, 1.807) is 19.4 Å².